The summed E-state index contributed by atoms with van der Waals surface area (Å²) in [7, 11) is 1.61. The van der Waals surface area contributed by atoms with Crippen molar-refractivity contribution in [1.82, 2.24) is 4.90 Å². The normalized spacial score (nSPS) is 22.8. The second-order valence-corrected chi connectivity index (χ2v) is 5.85. The number of aliphatic imine (C=N–C) groups is 3. The predicted octanol–water partition coefficient (Wildman–Crippen LogP) is 1.41. The van der Waals surface area contributed by atoms with Crippen LogP contribution in [0.5, 0.6) is 5.75 Å². The molecule has 25 heavy (non-hydrogen) atoms. The summed E-state index contributed by atoms with van der Waals surface area (Å²) in [5.41, 5.74) is 1.66. The Kier molecular flexibility index (Phi) is 4.15. The van der Waals surface area contributed by atoms with Gasteiger partial charge < -0.3 is 14.4 Å². The first-order valence-electron chi connectivity index (χ1n) is 8.19. The lowest BCUT2D eigenvalue weighted by molar-refractivity contribution is -0.118. The van der Waals surface area contributed by atoms with Crippen LogP contribution in [0.15, 0.2) is 45.3 Å². The molecule has 3 heterocycles. The number of morpholine rings is 1. The van der Waals surface area contributed by atoms with Crippen LogP contribution in [0.4, 0.5) is 0 Å². The van der Waals surface area contributed by atoms with Gasteiger partial charge in [0.25, 0.3) is 5.91 Å². The number of carbonyl (C=O) groups excluding carboxylic acids is 1. The summed E-state index contributed by atoms with van der Waals surface area (Å²) in [5, 5.41) is 0. The molecule has 3 aliphatic heterocycles. The molecule has 0 N–H and O–H groups in total. The van der Waals surface area contributed by atoms with Gasteiger partial charge in [0.1, 0.15) is 17.5 Å². The number of methoxy groups -OCH3 is 1. The van der Waals surface area contributed by atoms with Gasteiger partial charge in [-0.25, -0.2) is 4.99 Å². The van der Waals surface area contributed by atoms with E-state index < -0.39 is 5.92 Å². The molecule has 1 aromatic rings. The van der Waals surface area contributed by atoms with Crippen LogP contribution in [0.25, 0.3) is 5.57 Å². The SMILES string of the molecule is COc1ccccc1C1=CC=NC2=NC(N3CCOCC3)=NC(=O)C12. The van der Waals surface area contributed by atoms with Gasteiger partial charge in [0.05, 0.1) is 20.3 Å². The topological polar surface area (TPSA) is 75.8 Å². The van der Waals surface area contributed by atoms with E-state index in [0.29, 0.717) is 43.8 Å². The van der Waals surface area contributed by atoms with E-state index in [-0.39, 0.29) is 5.91 Å². The standard InChI is InChI=1S/C18H18N4O3/c1-24-14-5-3-2-4-12(14)13-6-7-19-16-15(13)17(23)21-18(20-16)22-8-10-25-11-9-22/h2-7,15H,8-11H2,1H3. The number of hydrogen-bond donors (Lipinski definition) is 0. The van der Waals surface area contributed by atoms with Crippen LogP contribution >= 0.6 is 0 Å². The molecule has 3 aliphatic rings. The van der Waals surface area contributed by atoms with Crippen LogP contribution in [0.3, 0.4) is 0 Å². The van der Waals surface area contributed by atoms with E-state index >= 15 is 0 Å². The summed E-state index contributed by atoms with van der Waals surface area (Å²) in [6.45, 7) is 2.56. The zero-order chi connectivity index (χ0) is 17.2. The number of guanidine groups is 1. The lowest BCUT2D eigenvalue weighted by atomic mass is 9.88. The van der Waals surface area contributed by atoms with E-state index in [9.17, 15) is 4.79 Å². The Balaban J connectivity index is 1.69. The average molecular weight is 338 g/mol. The minimum absolute atomic E-state index is 0.250. The molecule has 1 aromatic carbocycles. The summed E-state index contributed by atoms with van der Waals surface area (Å²) in [4.78, 5) is 27.8. The zero-order valence-electron chi connectivity index (χ0n) is 13.9. The van der Waals surface area contributed by atoms with Crippen LogP contribution in [0.1, 0.15) is 5.56 Å². The smallest absolute Gasteiger partial charge is 0.264 e. The Bertz CT molecular complexity index is 819. The molecule has 1 saturated heterocycles. The van der Waals surface area contributed by atoms with Crippen LogP contribution in [-0.2, 0) is 9.53 Å². The van der Waals surface area contributed by atoms with Crippen molar-refractivity contribution < 1.29 is 14.3 Å². The van der Waals surface area contributed by atoms with Gasteiger partial charge in [0.2, 0.25) is 5.96 Å². The molecular formula is C18H18N4O3. The molecule has 1 unspecified atom stereocenters. The Morgan fingerprint density at radius 2 is 2.00 bits per heavy atom. The third kappa shape index (κ3) is 2.87. The van der Waals surface area contributed by atoms with Crippen LogP contribution < -0.4 is 4.74 Å². The van der Waals surface area contributed by atoms with Gasteiger partial charge in [0, 0.05) is 24.9 Å². The number of rotatable bonds is 2. The summed E-state index contributed by atoms with van der Waals surface area (Å²) in [6, 6.07) is 7.60. The monoisotopic (exact) mass is 338 g/mol. The molecular weight excluding hydrogens is 320 g/mol. The molecule has 0 aliphatic carbocycles. The largest absolute Gasteiger partial charge is 0.496 e. The van der Waals surface area contributed by atoms with Gasteiger partial charge >= 0.3 is 0 Å². The van der Waals surface area contributed by atoms with Crippen molar-refractivity contribution in [2.45, 2.75) is 0 Å². The number of amidine groups is 1. The minimum atomic E-state index is -0.592. The highest BCUT2D eigenvalue weighted by atomic mass is 16.5. The van der Waals surface area contributed by atoms with E-state index in [4.69, 9.17) is 9.47 Å². The highest BCUT2D eigenvalue weighted by Crippen LogP contribution is 2.35. The molecule has 0 saturated carbocycles. The fourth-order valence-electron chi connectivity index (χ4n) is 3.16. The van der Waals surface area contributed by atoms with E-state index in [1.54, 1.807) is 13.3 Å². The summed E-state index contributed by atoms with van der Waals surface area (Å²) >= 11 is 0. The number of dihydropyridines is 1. The molecule has 0 bridgehead atoms. The number of hydrogen-bond acceptors (Lipinski definition) is 6. The summed E-state index contributed by atoms with van der Waals surface area (Å²) < 4.78 is 10.8. The third-order valence-corrected chi connectivity index (χ3v) is 4.41. The number of benzene rings is 1. The lowest BCUT2D eigenvalue weighted by Gasteiger charge is -2.31. The minimum Gasteiger partial charge on any atom is -0.496 e. The van der Waals surface area contributed by atoms with Crippen molar-refractivity contribution in [2.75, 3.05) is 33.4 Å². The van der Waals surface area contributed by atoms with Crippen LogP contribution in [0, 0.1) is 5.92 Å². The summed E-state index contributed by atoms with van der Waals surface area (Å²) in [5.74, 6) is 0.772. The van der Waals surface area contributed by atoms with Crippen LogP contribution in [-0.4, -0.2) is 62.2 Å². The Labute approximate surface area is 145 Å². The number of carbonyl (C=O) groups is 1. The maximum atomic E-state index is 12.8. The average Bonchev–Trinajstić information content (AvgIpc) is 2.68. The molecule has 0 spiro atoms. The quantitative estimate of drug-likeness (QED) is 0.817. The zero-order valence-corrected chi connectivity index (χ0v) is 13.9. The Morgan fingerprint density at radius 3 is 2.80 bits per heavy atom. The fourth-order valence-corrected chi connectivity index (χ4v) is 3.16. The van der Waals surface area contributed by atoms with Crippen molar-refractivity contribution in [1.29, 1.82) is 0 Å². The molecule has 0 radical (unpaired) electrons. The van der Waals surface area contributed by atoms with Crippen LogP contribution in [0.2, 0.25) is 0 Å². The van der Waals surface area contributed by atoms with E-state index in [1.807, 2.05) is 35.2 Å². The molecule has 7 nitrogen and oxygen atoms in total. The highest BCUT2D eigenvalue weighted by Gasteiger charge is 2.36. The van der Waals surface area contributed by atoms with Gasteiger partial charge in [-0.15, -0.1) is 0 Å². The van der Waals surface area contributed by atoms with Gasteiger partial charge in [-0.1, -0.05) is 18.2 Å². The lowest BCUT2D eigenvalue weighted by Crippen LogP contribution is -2.43. The first-order valence-corrected chi connectivity index (χ1v) is 8.19. The molecule has 4 rings (SSSR count). The first kappa shape index (κ1) is 15.7. The number of allylic oxidation sites excluding steroid dienone is 1. The number of amides is 1. The van der Waals surface area contributed by atoms with Crippen molar-refractivity contribution in [2.24, 2.45) is 20.9 Å². The third-order valence-electron chi connectivity index (χ3n) is 4.41. The van der Waals surface area contributed by atoms with E-state index in [2.05, 4.69) is 15.0 Å². The molecule has 128 valence electrons. The molecule has 1 atom stereocenters. The molecule has 7 heteroatoms. The van der Waals surface area contributed by atoms with E-state index in [1.165, 1.54) is 0 Å². The maximum Gasteiger partial charge on any atom is 0.264 e. The van der Waals surface area contributed by atoms with Gasteiger partial charge in [0.15, 0.2) is 0 Å². The van der Waals surface area contributed by atoms with Gasteiger partial charge in [-0.2, -0.15) is 9.98 Å². The maximum absolute atomic E-state index is 12.8. The molecule has 1 fully saturated rings. The predicted molar refractivity (Wildman–Crippen MR) is 95.2 cm³/mol. The number of ether oxygens (including phenoxy) is 2. The Morgan fingerprint density at radius 1 is 1.20 bits per heavy atom. The fraction of sp³-hybridized carbons (Fsp3) is 0.333. The van der Waals surface area contributed by atoms with Gasteiger partial charge in [-0.05, 0) is 17.7 Å². The second-order valence-electron chi connectivity index (χ2n) is 5.85. The number of para-hydroxylation sites is 1. The highest BCUT2D eigenvalue weighted by molar-refractivity contribution is 6.25. The summed E-state index contributed by atoms with van der Waals surface area (Å²) in [6.07, 6.45) is 3.50. The molecule has 1 amide bonds. The number of fused-ring (bicyclic) bond motifs is 1. The van der Waals surface area contributed by atoms with Crippen molar-refractivity contribution in [3.63, 3.8) is 0 Å². The van der Waals surface area contributed by atoms with E-state index in [0.717, 1.165) is 11.1 Å². The second kappa shape index (κ2) is 6.60. The van der Waals surface area contributed by atoms with Crippen molar-refractivity contribution >= 4 is 29.5 Å². The van der Waals surface area contributed by atoms with Crippen molar-refractivity contribution in [3.8, 4) is 5.75 Å². The molecule has 0 aromatic heterocycles. The first-order chi connectivity index (χ1) is 12.3. The Hall–Kier alpha value is -2.80. The number of nitrogens with zero attached hydrogens (tertiary/aromatic N) is 4. The van der Waals surface area contributed by atoms with Gasteiger partial charge in [-0.3, -0.25) is 4.79 Å². The van der Waals surface area contributed by atoms with Crippen molar-refractivity contribution in [3.05, 3.63) is 35.9 Å².